The van der Waals surface area contributed by atoms with Crippen LogP contribution in [0.5, 0.6) is 5.75 Å². The third-order valence-electron chi connectivity index (χ3n) is 3.19. The summed E-state index contributed by atoms with van der Waals surface area (Å²) in [6, 6.07) is 3.74. The van der Waals surface area contributed by atoms with Crippen LogP contribution in [0.25, 0.3) is 0 Å². The summed E-state index contributed by atoms with van der Waals surface area (Å²) in [5.74, 6) is -0.205. The van der Waals surface area contributed by atoms with E-state index < -0.39 is 11.7 Å². The Hall–Kier alpha value is -1.84. The smallest absolute Gasteiger partial charge is 0.292 e. The standard InChI is InChI=1S/C15H19NO3/c1-4-19-13-8-9(2)12(7-10(13)3)14(17)15(18)16-11-5-6-11/h7-8,11H,4-6H2,1-3H3,(H,16,18). The highest BCUT2D eigenvalue weighted by Crippen LogP contribution is 2.24. The second-order valence-electron chi connectivity index (χ2n) is 4.94. The van der Waals surface area contributed by atoms with Crippen LogP contribution in [-0.4, -0.2) is 24.3 Å². The topological polar surface area (TPSA) is 55.4 Å². The number of nitrogens with one attached hydrogen (secondary N) is 1. The zero-order valence-corrected chi connectivity index (χ0v) is 11.6. The maximum Gasteiger partial charge on any atom is 0.292 e. The van der Waals surface area contributed by atoms with Crippen molar-refractivity contribution in [2.75, 3.05) is 6.61 Å². The lowest BCUT2D eigenvalue weighted by Gasteiger charge is -2.11. The summed E-state index contributed by atoms with van der Waals surface area (Å²) in [4.78, 5) is 23.9. The van der Waals surface area contributed by atoms with Gasteiger partial charge in [-0.15, -0.1) is 0 Å². The molecule has 19 heavy (non-hydrogen) atoms. The van der Waals surface area contributed by atoms with Crippen LogP contribution >= 0.6 is 0 Å². The summed E-state index contributed by atoms with van der Waals surface area (Å²) in [5.41, 5.74) is 2.10. The molecule has 1 aliphatic rings. The molecule has 0 spiro atoms. The normalized spacial score (nSPS) is 14.1. The molecule has 0 unspecified atom stereocenters. The number of ketones is 1. The van der Waals surface area contributed by atoms with Gasteiger partial charge < -0.3 is 10.1 Å². The van der Waals surface area contributed by atoms with Crippen LogP contribution in [0.4, 0.5) is 0 Å². The van der Waals surface area contributed by atoms with Gasteiger partial charge in [0.25, 0.3) is 5.91 Å². The van der Waals surface area contributed by atoms with Crippen LogP contribution in [-0.2, 0) is 4.79 Å². The molecule has 0 bridgehead atoms. The second kappa shape index (κ2) is 5.43. The zero-order chi connectivity index (χ0) is 14.0. The van der Waals surface area contributed by atoms with E-state index in [0.717, 1.165) is 29.7 Å². The van der Waals surface area contributed by atoms with E-state index in [1.54, 1.807) is 6.07 Å². The summed E-state index contributed by atoms with van der Waals surface area (Å²) in [7, 11) is 0. The van der Waals surface area contributed by atoms with Crippen molar-refractivity contribution in [3.63, 3.8) is 0 Å². The predicted octanol–water partition coefficient (Wildman–Crippen LogP) is 2.16. The number of amides is 1. The van der Waals surface area contributed by atoms with E-state index in [0.29, 0.717) is 12.2 Å². The summed E-state index contributed by atoms with van der Waals surface area (Å²) >= 11 is 0. The van der Waals surface area contributed by atoms with Crippen LogP contribution in [0.15, 0.2) is 12.1 Å². The van der Waals surface area contributed by atoms with Gasteiger partial charge in [0.2, 0.25) is 5.78 Å². The van der Waals surface area contributed by atoms with E-state index in [1.165, 1.54) is 0 Å². The summed E-state index contributed by atoms with van der Waals surface area (Å²) < 4.78 is 5.48. The Kier molecular flexibility index (Phi) is 3.88. The van der Waals surface area contributed by atoms with Gasteiger partial charge in [-0.05, 0) is 56.9 Å². The maximum absolute atomic E-state index is 12.1. The third kappa shape index (κ3) is 3.13. The molecular weight excluding hydrogens is 242 g/mol. The summed E-state index contributed by atoms with van der Waals surface area (Å²) in [6.45, 7) is 6.19. The van der Waals surface area contributed by atoms with Crippen molar-refractivity contribution in [3.05, 3.63) is 28.8 Å². The van der Waals surface area contributed by atoms with Crippen LogP contribution < -0.4 is 10.1 Å². The molecule has 1 saturated carbocycles. The molecule has 1 fully saturated rings. The molecule has 0 radical (unpaired) electrons. The first-order valence-corrected chi connectivity index (χ1v) is 6.62. The Bertz CT molecular complexity index is 518. The minimum absolute atomic E-state index is 0.195. The highest BCUT2D eigenvalue weighted by Gasteiger charge is 2.27. The molecule has 1 amide bonds. The molecule has 4 nitrogen and oxygen atoms in total. The average molecular weight is 261 g/mol. The molecule has 1 aromatic carbocycles. The molecule has 0 aromatic heterocycles. The minimum atomic E-state index is -0.505. The van der Waals surface area contributed by atoms with Crippen molar-refractivity contribution in [3.8, 4) is 5.75 Å². The quantitative estimate of drug-likeness (QED) is 0.653. The fraction of sp³-hybridized carbons (Fsp3) is 0.467. The first kappa shape index (κ1) is 13.6. The van der Waals surface area contributed by atoms with Crippen LogP contribution in [0.2, 0.25) is 0 Å². The Morgan fingerprint density at radius 2 is 1.95 bits per heavy atom. The van der Waals surface area contributed by atoms with Crippen molar-refractivity contribution in [1.82, 2.24) is 5.32 Å². The number of hydrogen-bond acceptors (Lipinski definition) is 3. The summed E-state index contributed by atoms with van der Waals surface area (Å²) in [6.07, 6.45) is 1.95. The van der Waals surface area contributed by atoms with Crippen LogP contribution in [0.3, 0.4) is 0 Å². The molecule has 1 aliphatic carbocycles. The van der Waals surface area contributed by atoms with E-state index in [2.05, 4.69) is 5.32 Å². The maximum atomic E-state index is 12.1. The number of carbonyl (C=O) groups excluding carboxylic acids is 2. The largest absolute Gasteiger partial charge is 0.494 e. The number of aryl methyl sites for hydroxylation is 2. The fourth-order valence-electron chi connectivity index (χ4n) is 1.95. The first-order valence-electron chi connectivity index (χ1n) is 6.62. The van der Waals surface area contributed by atoms with Crippen LogP contribution in [0, 0.1) is 13.8 Å². The van der Waals surface area contributed by atoms with E-state index in [1.807, 2.05) is 26.8 Å². The van der Waals surface area contributed by atoms with E-state index in [9.17, 15) is 9.59 Å². The molecule has 0 atom stereocenters. The van der Waals surface area contributed by atoms with Gasteiger partial charge in [-0.25, -0.2) is 0 Å². The molecule has 0 aliphatic heterocycles. The second-order valence-corrected chi connectivity index (χ2v) is 4.94. The first-order chi connectivity index (χ1) is 9.02. The molecule has 1 N–H and O–H groups in total. The molecular formula is C15H19NO3. The van der Waals surface area contributed by atoms with Gasteiger partial charge in [-0.1, -0.05) is 0 Å². The van der Waals surface area contributed by atoms with Gasteiger partial charge in [-0.2, -0.15) is 0 Å². The Labute approximate surface area is 113 Å². The van der Waals surface area contributed by atoms with Gasteiger partial charge in [0, 0.05) is 11.6 Å². The monoisotopic (exact) mass is 261 g/mol. The molecule has 4 heteroatoms. The van der Waals surface area contributed by atoms with Crippen molar-refractivity contribution in [2.24, 2.45) is 0 Å². The van der Waals surface area contributed by atoms with Crippen molar-refractivity contribution < 1.29 is 14.3 Å². The molecule has 1 aromatic rings. The lowest BCUT2D eigenvalue weighted by molar-refractivity contribution is -0.117. The number of carbonyl (C=O) groups is 2. The lowest BCUT2D eigenvalue weighted by Crippen LogP contribution is -2.33. The van der Waals surface area contributed by atoms with Gasteiger partial charge >= 0.3 is 0 Å². The highest BCUT2D eigenvalue weighted by molar-refractivity contribution is 6.43. The molecule has 0 saturated heterocycles. The van der Waals surface area contributed by atoms with E-state index in [-0.39, 0.29) is 6.04 Å². The van der Waals surface area contributed by atoms with E-state index in [4.69, 9.17) is 4.74 Å². The fourth-order valence-corrected chi connectivity index (χ4v) is 1.95. The number of benzene rings is 1. The number of ether oxygens (including phenoxy) is 1. The number of rotatable bonds is 5. The Balaban J connectivity index is 2.21. The highest BCUT2D eigenvalue weighted by atomic mass is 16.5. The van der Waals surface area contributed by atoms with Gasteiger partial charge in [0.1, 0.15) is 5.75 Å². The number of hydrogen-bond donors (Lipinski definition) is 1. The zero-order valence-electron chi connectivity index (χ0n) is 11.6. The predicted molar refractivity (Wildman–Crippen MR) is 72.6 cm³/mol. The SMILES string of the molecule is CCOc1cc(C)c(C(=O)C(=O)NC2CC2)cc1C. The van der Waals surface area contributed by atoms with E-state index >= 15 is 0 Å². The molecule has 2 rings (SSSR count). The van der Waals surface area contributed by atoms with Crippen molar-refractivity contribution in [2.45, 2.75) is 39.7 Å². The average Bonchev–Trinajstić information content (AvgIpc) is 3.16. The van der Waals surface area contributed by atoms with Crippen molar-refractivity contribution >= 4 is 11.7 Å². The van der Waals surface area contributed by atoms with Gasteiger partial charge in [0.15, 0.2) is 0 Å². The van der Waals surface area contributed by atoms with Crippen LogP contribution in [0.1, 0.15) is 41.3 Å². The van der Waals surface area contributed by atoms with Crippen molar-refractivity contribution in [1.29, 1.82) is 0 Å². The Morgan fingerprint density at radius 3 is 2.53 bits per heavy atom. The number of Topliss-reactive ketones (excluding diaryl/α,β-unsaturated/α-hetero) is 1. The minimum Gasteiger partial charge on any atom is -0.494 e. The molecule has 102 valence electrons. The van der Waals surface area contributed by atoms with Gasteiger partial charge in [0.05, 0.1) is 6.61 Å². The molecule has 0 heterocycles. The summed E-state index contributed by atoms with van der Waals surface area (Å²) in [5, 5.41) is 2.72. The lowest BCUT2D eigenvalue weighted by atomic mass is 10.0. The third-order valence-corrected chi connectivity index (χ3v) is 3.19. The Morgan fingerprint density at radius 1 is 1.26 bits per heavy atom. The van der Waals surface area contributed by atoms with Gasteiger partial charge in [-0.3, -0.25) is 9.59 Å².